The third-order valence-corrected chi connectivity index (χ3v) is 3.47. The van der Waals surface area contributed by atoms with Gasteiger partial charge >= 0.3 is 0 Å². The van der Waals surface area contributed by atoms with Crippen molar-refractivity contribution in [3.8, 4) is 0 Å². The number of nitrogens with one attached hydrogen (secondary N) is 1. The van der Waals surface area contributed by atoms with Crippen LogP contribution < -0.4 is 5.32 Å². The van der Waals surface area contributed by atoms with E-state index in [9.17, 15) is 8.78 Å². The number of hydrogen-bond donors (Lipinski definition) is 1. The fourth-order valence-corrected chi connectivity index (χ4v) is 2.31. The average molecular weight is 241 g/mol. The van der Waals surface area contributed by atoms with Crippen molar-refractivity contribution < 1.29 is 8.78 Å². The number of hydrogen-bond acceptors (Lipinski definition) is 1. The van der Waals surface area contributed by atoms with Crippen LogP contribution in [0, 0.1) is 24.5 Å². The van der Waals surface area contributed by atoms with Gasteiger partial charge in [0.05, 0.1) is 0 Å². The Morgan fingerprint density at radius 2 is 1.71 bits per heavy atom. The summed E-state index contributed by atoms with van der Waals surface area (Å²) >= 11 is 0. The molecule has 0 fully saturated rings. The highest BCUT2D eigenvalue weighted by Gasteiger charge is 2.23. The summed E-state index contributed by atoms with van der Waals surface area (Å²) in [5.74, 6) is -1.12. The zero-order valence-electron chi connectivity index (χ0n) is 11.0. The molecule has 1 aromatic carbocycles. The Bertz CT molecular complexity index is 373. The molecule has 0 amide bonds. The molecule has 0 aliphatic heterocycles. The SMILES string of the molecule is CCC(CC)C(NC)c1ccc(C)c(F)c1F. The monoisotopic (exact) mass is 241 g/mol. The van der Waals surface area contributed by atoms with Crippen LogP contribution >= 0.6 is 0 Å². The summed E-state index contributed by atoms with van der Waals surface area (Å²) < 4.78 is 27.5. The summed E-state index contributed by atoms with van der Waals surface area (Å²) in [7, 11) is 1.79. The molecule has 17 heavy (non-hydrogen) atoms. The lowest BCUT2D eigenvalue weighted by atomic mass is 9.88. The lowest BCUT2D eigenvalue weighted by Crippen LogP contribution is -2.26. The molecule has 0 aliphatic carbocycles. The second kappa shape index (κ2) is 6.10. The second-order valence-electron chi connectivity index (χ2n) is 4.44. The molecular formula is C14H21F2N. The summed E-state index contributed by atoms with van der Waals surface area (Å²) in [6, 6.07) is 3.20. The van der Waals surface area contributed by atoms with E-state index in [0.29, 0.717) is 17.0 Å². The highest BCUT2D eigenvalue weighted by atomic mass is 19.2. The average Bonchev–Trinajstić information content (AvgIpc) is 2.34. The number of aryl methyl sites for hydroxylation is 1. The van der Waals surface area contributed by atoms with E-state index in [2.05, 4.69) is 19.2 Å². The van der Waals surface area contributed by atoms with Crippen LogP contribution in [0.5, 0.6) is 0 Å². The van der Waals surface area contributed by atoms with Gasteiger partial charge < -0.3 is 5.32 Å². The first-order valence-corrected chi connectivity index (χ1v) is 6.18. The molecule has 1 N–H and O–H groups in total. The van der Waals surface area contributed by atoms with Crippen LogP contribution in [-0.4, -0.2) is 7.05 Å². The molecule has 0 aliphatic rings. The first-order valence-electron chi connectivity index (χ1n) is 6.18. The third-order valence-electron chi connectivity index (χ3n) is 3.47. The summed E-state index contributed by atoms with van der Waals surface area (Å²) in [6.07, 6.45) is 1.88. The van der Waals surface area contributed by atoms with Crippen molar-refractivity contribution in [3.63, 3.8) is 0 Å². The molecule has 0 aromatic heterocycles. The quantitative estimate of drug-likeness (QED) is 0.822. The van der Waals surface area contributed by atoms with E-state index in [-0.39, 0.29) is 6.04 Å². The largest absolute Gasteiger partial charge is 0.313 e. The van der Waals surface area contributed by atoms with Gasteiger partial charge in [0.25, 0.3) is 0 Å². The van der Waals surface area contributed by atoms with E-state index in [1.807, 2.05) is 0 Å². The Balaban J connectivity index is 3.16. The molecule has 1 rings (SSSR count). The first-order chi connectivity index (χ1) is 8.06. The molecule has 0 saturated carbocycles. The van der Waals surface area contributed by atoms with E-state index in [4.69, 9.17) is 0 Å². The third kappa shape index (κ3) is 2.83. The van der Waals surface area contributed by atoms with Gasteiger partial charge in [0.1, 0.15) is 0 Å². The van der Waals surface area contributed by atoms with Crippen molar-refractivity contribution in [1.29, 1.82) is 0 Å². The molecule has 0 radical (unpaired) electrons. The maximum Gasteiger partial charge on any atom is 0.163 e. The van der Waals surface area contributed by atoms with E-state index in [1.165, 1.54) is 0 Å². The fraction of sp³-hybridized carbons (Fsp3) is 0.571. The van der Waals surface area contributed by atoms with Gasteiger partial charge in [-0.25, -0.2) is 8.78 Å². The van der Waals surface area contributed by atoms with Gasteiger partial charge in [-0.2, -0.15) is 0 Å². The van der Waals surface area contributed by atoms with E-state index in [1.54, 1.807) is 26.1 Å². The predicted molar refractivity (Wildman–Crippen MR) is 67.0 cm³/mol. The Kier molecular flexibility index (Phi) is 5.06. The van der Waals surface area contributed by atoms with Gasteiger partial charge in [-0.1, -0.05) is 38.8 Å². The highest BCUT2D eigenvalue weighted by Crippen LogP contribution is 2.30. The minimum atomic E-state index is -0.728. The van der Waals surface area contributed by atoms with Gasteiger partial charge in [-0.3, -0.25) is 0 Å². The van der Waals surface area contributed by atoms with Crippen LogP contribution in [0.1, 0.15) is 43.9 Å². The molecule has 0 spiro atoms. The summed E-state index contributed by atoms with van der Waals surface area (Å²) in [4.78, 5) is 0. The van der Waals surface area contributed by atoms with Crippen molar-refractivity contribution in [2.24, 2.45) is 5.92 Å². The van der Waals surface area contributed by atoms with E-state index >= 15 is 0 Å². The standard InChI is InChI=1S/C14H21F2N/c1-5-10(6-2)14(17-4)11-8-7-9(3)12(15)13(11)16/h7-8,10,14,17H,5-6H2,1-4H3. The van der Waals surface area contributed by atoms with Crippen LogP contribution in [0.4, 0.5) is 8.78 Å². The number of rotatable bonds is 5. The predicted octanol–water partition coefficient (Wildman–Crippen LogP) is 3.97. The van der Waals surface area contributed by atoms with Crippen LogP contribution in [0.15, 0.2) is 12.1 Å². The van der Waals surface area contributed by atoms with Crippen molar-refractivity contribution in [3.05, 3.63) is 34.9 Å². The zero-order valence-corrected chi connectivity index (χ0v) is 11.0. The van der Waals surface area contributed by atoms with Gasteiger partial charge in [0.15, 0.2) is 11.6 Å². The van der Waals surface area contributed by atoms with Crippen LogP contribution in [0.25, 0.3) is 0 Å². The highest BCUT2D eigenvalue weighted by molar-refractivity contribution is 5.28. The van der Waals surface area contributed by atoms with Gasteiger partial charge in [-0.15, -0.1) is 0 Å². The molecule has 96 valence electrons. The Labute approximate surface area is 102 Å². The number of benzene rings is 1. The molecule has 3 heteroatoms. The summed E-state index contributed by atoms with van der Waals surface area (Å²) in [6.45, 7) is 5.72. The van der Waals surface area contributed by atoms with Crippen LogP contribution in [-0.2, 0) is 0 Å². The molecular weight excluding hydrogens is 220 g/mol. The molecule has 0 heterocycles. The maximum atomic E-state index is 13.9. The van der Waals surface area contributed by atoms with E-state index < -0.39 is 11.6 Å². The normalized spacial score (nSPS) is 13.1. The maximum absolute atomic E-state index is 13.9. The molecule has 1 unspecified atom stereocenters. The van der Waals surface area contributed by atoms with Gasteiger partial charge in [0.2, 0.25) is 0 Å². The smallest absolute Gasteiger partial charge is 0.163 e. The number of halogens is 2. The zero-order chi connectivity index (χ0) is 13.0. The Hall–Kier alpha value is -0.960. The summed E-state index contributed by atoms with van der Waals surface area (Å²) in [5.41, 5.74) is 0.787. The molecule has 0 saturated heterocycles. The molecule has 1 aromatic rings. The van der Waals surface area contributed by atoms with Crippen LogP contribution in [0.2, 0.25) is 0 Å². The van der Waals surface area contributed by atoms with Gasteiger partial charge in [0, 0.05) is 11.6 Å². The Morgan fingerprint density at radius 3 is 2.18 bits per heavy atom. The van der Waals surface area contributed by atoms with Crippen molar-refractivity contribution >= 4 is 0 Å². The first kappa shape index (κ1) is 14.1. The Morgan fingerprint density at radius 1 is 1.12 bits per heavy atom. The van der Waals surface area contributed by atoms with Crippen molar-refractivity contribution in [2.75, 3.05) is 7.05 Å². The lowest BCUT2D eigenvalue weighted by molar-refractivity contribution is 0.344. The lowest BCUT2D eigenvalue weighted by Gasteiger charge is -2.26. The second-order valence-corrected chi connectivity index (χ2v) is 4.44. The molecule has 1 nitrogen and oxygen atoms in total. The molecule has 0 bridgehead atoms. The topological polar surface area (TPSA) is 12.0 Å². The minimum absolute atomic E-state index is 0.125. The van der Waals surface area contributed by atoms with E-state index in [0.717, 1.165) is 12.8 Å². The fourth-order valence-electron chi connectivity index (χ4n) is 2.31. The minimum Gasteiger partial charge on any atom is -0.313 e. The summed E-state index contributed by atoms with van der Waals surface area (Å²) in [5, 5.41) is 3.10. The van der Waals surface area contributed by atoms with Crippen molar-refractivity contribution in [1.82, 2.24) is 5.32 Å². The van der Waals surface area contributed by atoms with Crippen molar-refractivity contribution in [2.45, 2.75) is 39.7 Å². The molecule has 1 atom stereocenters. The van der Waals surface area contributed by atoms with Crippen LogP contribution in [0.3, 0.4) is 0 Å². The van der Waals surface area contributed by atoms with Gasteiger partial charge in [-0.05, 0) is 25.5 Å².